The summed E-state index contributed by atoms with van der Waals surface area (Å²) in [6.45, 7) is 6.74. The molecule has 0 amide bonds. The number of rotatable bonds is 4. The van der Waals surface area contributed by atoms with E-state index in [1.165, 1.54) is 0 Å². The van der Waals surface area contributed by atoms with Gasteiger partial charge in [-0.25, -0.2) is 4.98 Å². The fraction of sp³-hybridized carbons (Fsp3) is 0.250. The van der Waals surface area contributed by atoms with Crippen molar-refractivity contribution in [2.75, 3.05) is 31.2 Å². The number of imidazole rings is 1. The number of carbonyl (C=O) groups is 1. The van der Waals surface area contributed by atoms with Crippen LogP contribution in [0.15, 0.2) is 42.5 Å². The minimum absolute atomic E-state index is 0.00987. The van der Waals surface area contributed by atoms with Crippen LogP contribution < -0.4 is 4.90 Å². The molecule has 1 aliphatic rings. The number of H-pyrrole nitrogens is 2. The molecule has 4 aromatic rings. The lowest BCUT2D eigenvalue weighted by Gasteiger charge is -2.28. The highest BCUT2D eigenvalue weighted by Gasteiger charge is 2.23. The molecule has 2 aromatic heterocycles. The van der Waals surface area contributed by atoms with E-state index in [9.17, 15) is 4.79 Å². The zero-order chi connectivity index (χ0) is 21.5. The van der Waals surface area contributed by atoms with Crippen LogP contribution in [-0.4, -0.2) is 47.0 Å². The second-order valence-electron chi connectivity index (χ2n) is 7.82. The zero-order valence-electron chi connectivity index (χ0n) is 17.5. The maximum absolute atomic E-state index is 12.5. The summed E-state index contributed by atoms with van der Waals surface area (Å²) in [4.78, 5) is 26.5. The average Bonchev–Trinajstić information content (AvgIpc) is 3.35. The van der Waals surface area contributed by atoms with E-state index in [0.29, 0.717) is 16.4 Å². The van der Waals surface area contributed by atoms with E-state index in [-0.39, 0.29) is 5.78 Å². The highest BCUT2D eigenvalue weighted by molar-refractivity contribution is 6.30. The molecule has 0 radical (unpaired) electrons. The molecule has 1 fully saturated rings. The van der Waals surface area contributed by atoms with Crippen molar-refractivity contribution in [3.8, 4) is 22.6 Å². The lowest BCUT2D eigenvalue weighted by Crippen LogP contribution is -2.36. The monoisotopic (exact) mass is 434 g/mol. The summed E-state index contributed by atoms with van der Waals surface area (Å²) < 4.78 is 5.46. The number of ether oxygens (including phenoxy) is 1. The maximum atomic E-state index is 12.5. The second-order valence-corrected chi connectivity index (χ2v) is 8.26. The molecular formula is C24H23ClN4O2. The van der Waals surface area contributed by atoms with E-state index in [4.69, 9.17) is 21.3 Å². The molecule has 3 heterocycles. The number of anilines is 1. The van der Waals surface area contributed by atoms with Gasteiger partial charge in [-0.2, -0.15) is 0 Å². The Morgan fingerprint density at radius 2 is 1.84 bits per heavy atom. The second kappa shape index (κ2) is 7.87. The predicted octanol–water partition coefficient (Wildman–Crippen LogP) is 5.23. The number of benzene rings is 2. The average molecular weight is 435 g/mol. The first-order valence-electron chi connectivity index (χ1n) is 10.3. The van der Waals surface area contributed by atoms with Gasteiger partial charge in [0.1, 0.15) is 0 Å². The first-order valence-corrected chi connectivity index (χ1v) is 10.7. The number of morpholine rings is 1. The SMILES string of the molecule is CC(=O)c1c(C)[nH]c(-c2nc3cc(N4CCOCC4)ccc3[nH]2)c1-c1ccc(Cl)cc1. The summed E-state index contributed by atoms with van der Waals surface area (Å²) in [5.74, 6) is 0.713. The van der Waals surface area contributed by atoms with Crippen molar-refractivity contribution in [2.24, 2.45) is 0 Å². The summed E-state index contributed by atoms with van der Waals surface area (Å²) in [5, 5.41) is 0.654. The van der Waals surface area contributed by atoms with Crippen LogP contribution in [0.3, 0.4) is 0 Å². The van der Waals surface area contributed by atoms with Gasteiger partial charge in [0.15, 0.2) is 11.6 Å². The van der Waals surface area contributed by atoms with Gasteiger partial charge in [0.25, 0.3) is 0 Å². The van der Waals surface area contributed by atoms with Crippen molar-refractivity contribution in [3.63, 3.8) is 0 Å². The number of halogens is 1. The third-order valence-electron chi connectivity index (χ3n) is 5.75. The van der Waals surface area contributed by atoms with Crippen LogP contribution in [0.25, 0.3) is 33.7 Å². The first kappa shape index (κ1) is 19.8. The molecule has 0 unspecified atom stereocenters. The van der Waals surface area contributed by atoms with E-state index in [2.05, 4.69) is 33.1 Å². The number of aromatic nitrogens is 3. The Hall–Kier alpha value is -3.09. The Morgan fingerprint density at radius 1 is 1.10 bits per heavy atom. The minimum Gasteiger partial charge on any atom is -0.378 e. The molecule has 0 spiro atoms. The molecule has 5 rings (SSSR count). The molecule has 31 heavy (non-hydrogen) atoms. The molecule has 6 nitrogen and oxygen atoms in total. The van der Waals surface area contributed by atoms with Crippen LogP contribution in [-0.2, 0) is 4.74 Å². The molecule has 0 saturated carbocycles. The summed E-state index contributed by atoms with van der Waals surface area (Å²) in [5.41, 5.74) is 7.03. The van der Waals surface area contributed by atoms with Gasteiger partial charge in [-0.05, 0) is 49.7 Å². The Labute approximate surface area is 185 Å². The molecule has 2 N–H and O–H groups in total. The standard InChI is InChI=1S/C24H23ClN4O2/c1-14-21(15(2)30)22(16-3-5-17(25)6-4-16)23(26-14)24-27-19-8-7-18(13-20(19)28-24)29-9-11-31-12-10-29/h3-8,13,26H,9-12H2,1-2H3,(H,27,28). The van der Waals surface area contributed by atoms with Crippen LogP contribution in [0.5, 0.6) is 0 Å². The first-order chi connectivity index (χ1) is 15.0. The summed E-state index contributed by atoms with van der Waals surface area (Å²) in [6.07, 6.45) is 0. The fourth-order valence-electron chi connectivity index (χ4n) is 4.28. The lowest BCUT2D eigenvalue weighted by atomic mass is 9.98. The Morgan fingerprint density at radius 3 is 2.55 bits per heavy atom. The Bertz CT molecular complexity index is 1270. The van der Waals surface area contributed by atoms with E-state index >= 15 is 0 Å². The van der Waals surface area contributed by atoms with Crippen molar-refractivity contribution < 1.29 is 9.53 Å². The van der Waals surface area contributed by atoms with E-state index in [1.807, 2.05) is 31.2 Å². The van der Waals surface area contributed by atoms with Crippen LogP contribution >= 0.6 is 11.6 Å². The molecular weight excluding hydrogens is 412 g/mol. The van der Waals surface area contributed by atoms with Crippen molar-refractivity contribution >= 4 is 34.1 Å². The van der Waals surface area contributed by atoms with Crippen molar-refractivity contribution in [1.29, 1.82) is 0 Å². The number of ketones is 1. The van der Waals surface area contributed by atoms with E-state index in [1.54, 1.807) is 6.92 Å². The van der Waals surface area contributed by atoms with Gasteiger partial charge in [0.05, 0.1) is 29.9 Å². The summed E-state index contributed by atoms with van der Waals surface area (Å²) in [7, 11) is 0. The summed E-state index contributed by atoms with van der Waals surface area (Å²) >= 11 is 6.09. The van der Waals surface area contributed by atoms with Crippen LogP contribution in [0.1, 0.15) is 23.0 Å². The molecule has 2 aromatic carbocycles. The number of aryl methyl sites for hydroxylation is 1. The van der Waals surface area contributed by atoms with Crippen molar-refractivity contribution in [1.82, 2.24) is 15.0 Å². The zero-order valence-corrected chi connectivity index (χ0v) is 18.2. The van der Waals surface area contributed by atoms with Gasteiger partial charge in [0.2, 0.25) is 0 Å². The lowest BCUT2D eigenvalue weighted by molar-refractivity contribution is 0.101. The number of hydrogen-bond acceptors (Lipinski definition) is 4. The predicted molar refractivity (Wildman–Crippen MR) is 124 cm³/mol. The molecule has 0 aliphatic carbocycles. The number of carbonyl (C=O) groups excluding carboxylic acids is 1. The number of nitrogens with one attached hydrogen (secondary N) is 2. The third kappa shape index (κ3) is 3.62. The van der Waals surface area contributed by atoms with E-state index in [0.717, 1.165) is 65.5 Å². The van der Waals surface area contributed by atoms with Gasteiger partial charge in [-0.3, -0.25) is 4.79 Å². The van der Waals surface area contributed by atoms with E-state index < -0.39 is 0 Å². The van der Waals surface area contributed by atoms with Crippen molar-refractivity contribution in [3.05, 3.63) is 58.7 Å². The number of aromatic amines is 2. The highest BCUT2D eigenvalue weighted by Crippen LogP contribution is 2.37. The molecule has 0 atom stereocenters. The van der Waals surface area contributed by atoms with Crippen molar-refractivity contribution in [2.45, 2.75) is 13.8 Å². The number of fused-ring (bicyclic) bond motifs is 1. The maximum Gasteiger partial charge on any atom is 0.162 e. The normalized spacial score (nSPS) is 14.4. The number of nitrogens with zero attached hydrogens (tertiary/aromatic N) is 2. The molecule has 158 valence electrons. The largest absolute Gasteiger partial charge is 0.378 e. The summed E-state index contributed by atoms with van der Waals surface area (Å²) in [6, 6.07) is 13.8. The smallest absolute Gasteiger partial charge is 0.162 e. The third-order valence-corrected chi connectivity index (χ3v) is 6.00. The van der Waals surface area contributed by atoms with Gasteiger partial charge < -0.3 is 19.6 Å². The fourth-order valence-corrected chi connectivity index (χ4v) is 4.40. The van der Waals surface area contributed by atoms with Gasteiger partial charge in [0, 0.05) is 40.6 Å². The van der Waals surface area contributed by atoms with Crippen LogP contribution in [0.2, 0.25) is 5.02 Å². The highest BCUT2D eigenvalue weighted by atomic mass is 35.5. The Balaban J connectivity index is 1.63. The molecule has 1 saturated heterocycles. The molecule has 0 bridgehead atoms. The van der Waals surface area contributed by atoms with Gasteiger partial charge >= 0.3 is 0 Å². The quantitative estimate of drug-likeness (QED) is 0.431. The number of Topliss-reactive ketones (excluding diaryl/α,β-unsaturated/α-hetero) is 1. The van der Waals surface area contributed by atoms with Gasteiger partial charge in [-0.15, -0.1) is 0 Å². The molecule has 1 aliphatic heterocycles. The molecule has 7 heteroatoms. The van der Waals surface area contributed by atoms with Crippen LogP contribution in [0, 0.1) is 6.92 Å². The Kier molecular flexibility index (Phi) is 5.04. The minimum atomic E-state index is 0.00987. The number of hydrogen-bond donors (Lipinski definition) is 2. The topological polar surface area (TPSA) is 74.0 Å². The van der Waals surface area contributed by atoms with Crippen LogP contribution in [0.4, 0.5) is 5.69 Å². The van der Waals surface area contributed by atoms with Gasteiger partial charge in [-0.1, -0.05) is 23.7 Å².